The van der Waals surface area contributed by atoms with Gasteiger partial charge in [-0.3, -0.25) is 0 Å². The molecule has 2 aliphatic rings. The molecule has 1 aromatic rings. The number of nitrogens with two attached hydrogens (primary N) is 1. The number of ether oxygens (including phenoxy) is 1. The molecule has 0 aromatic carbocycles. The van der Waals surface area contributed by atoms with Crippen LogP contribution in [0.15, 0.2) is 12.3 Å². The van der Waals surface area contributed by atoms with Gasteiger partial charge in [-0.1, -0.05) is 6.42 Å². The average molecular weight is 261 g/mol. The van der Waals surface area contributed by atoms with Crippen molar-refractivity contribution in [1.82, 2.24) is 4.98 Å². The van der Waals surface area contributed by atoms with E-state index >= 15 is 0 Å². The van der Waals surface area contributed by atoms with E-state index in [1.807, 2.05) is 0 Å². The first-order valence-corrected chi connectivity index (χ1v) is 6.78. The van der Waals surface area contributed by atoms with Gasteiger partial charge in [0.1, 0.15) is 11.4 Å². The Morgan fingerprint density at radius 1 is 1.42 bits per heavy atom. The highest BCUT2D eigenvalue weighted by molar-refractivity contribution is 5.95. The largest absolute Gasteiger partial charge is 0.465 e. The second-order valence-electron chi connectivity index (χ2n) is 5.49. The van der Waals surface area contributed by atoms with E-state index in [0.29, 0.717) is 11.3 Å². The van der Waals surface area contributed by atoms with E-state index in [0.717, 1.165) is 30.7 Å². The van der Waals surface area contributed by atoms with E-state index < -0.39 is 0 Å². The summed E-state index contributed by atoms with van der Waals surface area (Å²) < 4.78 is 4.82. The number of fused-ring (bicyclic) bond motifs is 1. The molecule has 0 amide bonds. The smallest absolute Gasteiger partial charge is 0.341 e. The Hall–Kier alpha value is -1.78. The maximum atomic E-state index is 11.8. The fourth-order valence-corrected chi connectivity index (χ4v) is 3.39. The highest BCUT2D eigenvalue weighted by Gasteiger charge is 2.37. The summed E-state index contributed by atoms with van der Waals surface area (Å²) in [6.45, 7) is 1.98. The molecule has 19 heavy (non-hydrogen) atoms. The first kappa shape index (κ1) is 12.3. The van der Waals surface area contributed by atoms with Crippen LogP contribution in [0.1, 0.15) is 29.6 Å². The molecule has 2 unspecified atom stereocenters. The Balaban J connectivity index is 1.90. The van der Waals surface area contributed by atoms with Crippen molar-refractivity contribution >= 4 is 17.5 Å². The van der Waals surface area contributed by atoms with Gasteiger partial charge in [0.05, 0.1) is 19.0 Å². The highest BCUT2D eigenvalue weighted by atomic mass is 16.5. The van der Waals surface area contributed by atoms with Crippen LogP contribution in [0.3, 0.4) is 0 Å². The summed E-state index contributed by atoms with van der Waals surface area (Å²) in [4.78, 5) is 18.4. The Morgan fingerprint density at radius 3 is 2.74 bits per heavy atom. The molecule has 2 fully saturated rings. The molecule has 1 saturated carbocycles. The van der Waals surface area contributed by atoms with Gasteiger partial charge in [0.25, 0.3) is 0 Å². The molecule has 2 heterocycles. The molecule has 2 atom stereocenters. The number of nitrogens with zero attached hydrogens (tertiary/aromatic N) is 2. The van der Waals surface area contributed by atoms with Crippen molar-refractivity contribution in [2.24, 2.45) is 11.8 Å². The van der Waals surface area contributed by atoms with Crippen molar-refractivity contribution in [1.29, 1.82) is 0 Å². The number of hydrogen-bond acceptors (Lipinski definition) is 5. The third-order valence-corrected chi connectivity index (χ3v) is 4.32. The van der Waals surface area contributed by atoms with Crippen LogP contribution in [0.4, 0.5) is 11.5 Å². The van der Waals surface area contributed by atoms with Crippen LogP contribution in [0.25, 0.3) is 0 Å². The first-order valence-electron chi connectivity index (χ1n) is 6.78. The number of aromatic nitrogens is 1. The minimum atomic E-state index is -0.369. The number of carbonyl (C=O) groups excluding carboxylic acids is 1. The topological polar surface area (TPSA) is 68.5 Å². The number of nitrogen functional groups attached to an aromatic ring is 1. The minimum Gasteiger partial charge on any atom is -0.465 e. The lowest BCUT2D eigenvalue weighted by Crippen LogP contribution is -2.24. The number of pyridine rings is 1. The Morgan fingerprint density at radius 2 is 2.11 bits per heavy atom. The lowest BCUT2D eigenvalue weighted by molar-refractivity contribution is 0.0601. The molecule has 1 aromatic heterocycles. The molecule has 5 nitrogen and oxygen atoms in total. The number of anilines is 2. The second-order valence-corrected chi connectivity index (χ2v) is 5.49. The van der Waals surface area contributed by atoms with E-state index in [4.69, 9.17) is 10.5 Å². The van der Waals surface area contributed by atoms with Crippen LogP contribution >= 0.6 is 0 Å². The van der Waals surface area contributed by atoms with Crippen LogP contribution in [-0.2, 0) is 4.74 Å². The van der Waals surface area contributed by atoms with Crippen LogP contribution in [-0.4, -0.2) is 31.2 Å². The summed E-state index contributed by atoms with van der Waals surface area (Å²) in [5.74, 6) is 1.86. The Bertz CT molecular complexity index is 491. The van der Waals surface area contributed by atoms with Crippen molar-refractivity contribution in [3.8, 4) is 0 Å². The van der Waals surface area contributed by atoms with Crippen LogP contribution in [0.2, 0.25) is 0 Å². The van der Waals surface area contributed by atoms with Crippen LogP contribution in [0, 0.1) is 11.8 Å². The van der Waals surface area contributed by atoms with Gasteiger partial charge in [0.15, 0.2) is 0 Å². The van der Waals surface area contributed by atoms with E-state index in [1.54, 1.807) is 12.3 Å². The minimum absolute atomic E-state index is 0.369. The molecule has 102 valence electrons. The van der Waals surface area contributed by atoms with E-state index in [-0.39, 0.29) is 5.97 Å². The van der Waals surface area contributed by atoms with Crippen molar-refractivity contribution < 1.29 is 9.53 Å². The van der Waals surface area contributed by atoms with Gasteiger partial charge in [-0.25, -0.2) is 9.78 Å². The molecular weight excluding hydrogens is 242 g/mol. The molecule has 1 aliphatic carbocycles. The summed E-state index contributed by atoms with van der Waals surface area (Å²) >= 11 is 0. The van der Waals surface area contributed by atoms with E-state index in [1.165, 1.54) is 26.4 Å². The standard InChI is InChI=1S/C14H19N3O2/c1-19-14(18)12-5-11(15)6-16-13(12)17-7-9-3-2-4-10(9)8-17/h5-6,9-10H,2-4,7-8,15H2,1H3. The summed E-state index contributed by atoms with van der Waals surface area (Å²) in [7, 11) is 1.38. The number of methoxy groups -OCH3 is 1. The third kappa shape index (κ3) is 2.13. The van der Waals surface area contributed by atoms with E-state index in [9.17, 15) is 4.79 Å². The highest BCUT2D eigenvalue weighted by Crippen LogP contribution is 2.39. The molecular formula is C14H19N3O2. The fourth-order valence-electron chi connectivity index (χ4n) is 3.39. The van der Waals surface area contributed by atoms with Crippen LogP contribution in [0.5, 0.6) is 0 Å². The average Bonchev–Trinajstić information content (AvgIpc) is 2.98. The normalized spacial score (nSPS) is 25.4. The molecule has 5 heteroatoms. The molecule has 0 radical (unpaired) electrons. The summed E-state index contributed by atoms with van der Waals surface area (Å²) in [5.41, 5.74) is 6.69. The number of hydrogen-bond donors (Lipinski definition) is 1. The third-order valence-electron chi connectivity index (χ3n) is 4.32. The molecule has 3 rings (SSSR count). The van der Waals surface area contributed by atoms with Gasteiger partial charge >= 0.3 is 5.97 Å². The summed E-state index contributed by atoms with van der Waals surface area (Å²) in [6, 6.07) is 1.66. The first-order chi connectivity index (χ1) is 9.19. The van der Waals surface area contributed by atoms with Gasteiger partial charge < -0.3 is 15.4 Å². The molecule has 0 bridgehead atoms. The zero-order valence-corrected chi connectivity index (χ0v) is 11.1. The van der Waals surface area contributed by atoms with Crippen molar-refractivity contribution in [2.45, 2.75) is 19.3 Å². The quantitative estimate of drug-likeness (QED) is 0.820. The van der Waals surface area contributed by atoms with E-state index in [2.05, 4.69) is 9.88 Å². The van der Waals surface area contributed by atoms with Gasteiger partial charge in [0, 0.05) is 13.1 Å². The zero-order valence-electron chi connectivity index (χ0n) is 11.1. The molecule has 1 aliphatic heterocycles. The van der Waals surface area contributed by atoms with Crippen molar-refractivity contribution in [3.05, 3.63) is 17.8 Å². The fraction of sp³-hybridized carbons (Fsp3) is 0.571. The Labute approximate surface area is 112 Å². The molecule has 1 saturated heterocycles. The number of carbonyl (C=O) groups is 1. The summed E-state index contributed by atoms with van der Waals surface area (Å²) in [6.07, 6.45) is 5.53. The lowest BCUT2D eigenvalue weighted by Gasteiger charge is -2.20. The van der Waals surface area contributed by atoms with Gasteiger partial charge in [-0.2, -0.15) is 0 Å². The van der Waals surface area contributed by atoms with Gasteiger partial charge in [0.2, 0.25) is 0 Å². The second kappa shape index (κ2) is 4.72. The van der Waals surface area contributed by atoms with Crippen molar-refractivity contribution in [3.63, 3.8) is 0 Å². The molecule has 0 spiro atoms. The zero-order chi connectivity index (χ0) is 13.4. The van der Waals surface area contributed by atoms with Gasteiger partial charge in [-0.15, -0.1) is 0 Å². The van der Waals surface area contributed by atoms with Crippen LogP contribution < -0.4 is 10.6 Å². The van der Waals surface area contributed by atoms with Gasteiger partial charge in [-0.05, 0) is 30.7 Å². The number of rotatable bonds is 2. The maximum absolute atomic E-state index is 11.8. The lowest BCUT2D eigenvalue weighted by atomic mass is 10.0. The van der Waals surface area contributed by atoms with Crippen molar-refractivity contribution in [2.75, 3.05) is 30.8 Å². The predicted octanol–water partition coefficient (Wildman–Crippen LogP) is 1.69. The monoisotopic (exact) mass is 261 g/mol. The molecule has 2 N–H and O–H groups in total. The Kier molecular flexibility index (Phi) is 3.05. The predicted molar refractivity (Wildman–Crippen MR) is 73.0 cm³/mol. The number of esters is 1. The SMILES string of the molecule is COC(=O)c1cc(N)cnc1N1CC2CCCC2C1. The summed E-state index contributed by atoms with van der Waals surface area (Å²) in [5, 5.41) is 0. The maximum Gasteiger partial charge on any atom is 0.341 e.